The topological polar surface area (TPSA) is 528 Å². The van der Waals surface area contributed by atoms with Crippen molar-refractivity contribution < 1.29 is 72.9 Å². The average Bonchev–Trinajstić information content (AvgIpc) is 1.77. The molecule has 0 unspecified atom stereocenters. The number of carbonyl (C=O) groups excluding carboxylic acids is 11. The summed E-state index contributed by atoms with van der Waals surface area (Å²) in [6, 6.07) is 7.78. The summed E-state index contributed by atoms with van der Waals surface area (Å²) >= 11 is 0. The first-order valence-corrected chi connectivity index (χ1v) is 32.3. The van der Waals surface area contributed by atoms with Crippen LogP contribution in [0.15, 0.2) is 103 Å². The number of aliphatic imine (C=N–C) groups is 1. The first-order chi connectivity index (χ1) is 47.3. The van der Waals surface area contributed by atoms with Gasteiger partial charge >= 0.3 is 0 Å². The van der Waals surface area contributed by atoms with Gasteiger partial charge in [0.1, 0.15) is 60.1 Å². The maximum absolute atomic E-state index is 15.1. The normalized spacial score (nSPS) is 16.2. The highest BCUT2D eigenvalue weighted by molar-refractivity contribution is 6.00. The van der Waals surface area contributed by atoms with E-state index in [-0.39, 0.29) is 101 Å². The highest BCUT2D eigenvalue weighted by atomic mass is 16.4. The number of H-pyrrole nitrogens is 3. The van der Waals surface area contributed by atoms with Crippen LogP contribution in [0.5, 0.6) is 5.75 Å². The third kappa shape index (κ3) is 22.3. The Morgan fingerprint density at radius 3 is 1.68 bits per heavy atom. The molecule has 2 aliphatic rings. The molecule has 2 aliphatic heterocycles. The van der Waals surface area contributed by atoms with Crippen molar-refractivity contribution in [2.45, 2.75) is 146 Å². The smallest absolute Gasteiger partial charge is 0.300 e. The predicted molar refractivity (Wildman–Crippen MR) is 359 cm³/mol. The lowest BCUT2D eigenvalue weighted by Crippen LogP contribution is -2.61. The van der Waals surface area contributed by atoms with E-state index in [1.807, 2.05) is 0 Å². The van der Waals surface area contributed by atoms with Crippen LogP contribution in [0.2, 0.25) is 0 Å². The van der Waals surface area contributed by atoms with Gasteiger partial charge < -0.3 is 100 Å². The molecule has 0 spiro atoms. The van der Waals surface area contributed by atoms with Crippen LogP contribution in [0.4, 0.5) is 0 Å². The van der Waals surface area contributed by atoms with Crippen LogP contribution < -0.4 is 65.1 Å². The second-order valence-electron chi connectivity index (χ2n) is 24.5. The van der Waals surface area contributed by atoms with Crippen LogP contribution in [-0.4, -0.2) is 198 Å². The number of aromatic hydroxyl groups is 1. The van der Waals surface area contributed by atoms with E-state index < -0.39 is 133 Å². The summed E-state index contributed by atoms with van der Waals surface area (Å²) in [5.41, 5.74) is 19.8. The van der Waals surface area contributed by atoms with Crippen LogP contribution in [0, 0.1) is 5.92 Å². The second-order valence-corrected chi connectivity index (χ2v) is 24.5. The summed E-state index contributed by atoms with van der Waals surface area (Å²) in [6.07, 6.45) is 6.51. The molecule has 9 atom stereocenters. The molecule has 33 nitrogen and oxygen atoms in total. The largest absolute Gasteiger partial charge is 0.508 e. The number of carboxylic acids is 1. The van der Waals surface area contributed by atoms with E-state index in [0.717, 1.165) is 6.92 Å². The van der Waals surface area contributed by atoms with Crippen molar-refractivity contribution in [3.05, 3.63) is 120 Å². The summed E-state index contributed by atoms with van der Waals surface area (Å²) in [4.78, 5) is 181. The average molecular weight is 1370 g/mol. The number of nitrogens with two attached hydrogens (primary N) is 3. The van der Waals surface area contributed by atoms with Crippen LogP contribution in [0.25, 0.3) is 21.8 Å². The number of hydrogen-bond acceptors (Lipinski definition) is 16. The first kappa shape index (κ1) is 75.0. The van der Waals surface area contributed by atoms with Crippen molar-refractivity contribution >= 4 is 98.7 Å². The van der Waals surface area contributed by atoms with E-state index in [4.69, 9.17) is 27.1 Å². The van der Waals surface area contributed by atoms with Gasteiger partial charge in [0.15, 0.2) is 5.96 Å². The van der Waals surface area contributed by atoms with Gasteiger partial charge in [0, 0.05) is 98.2 Å². The van der Waals surface area contributed by atoms with Gasteiger partial charge in [0.2, 0.25) is 65.0 Å². The number of para-hydroxylation sites is 2. The Balaban J connectivity index is 0.00000335. The second kappa shape index (κ2) is 36.1. The lowest BCUT2D eigenvalue weighted by atomic mass is 9.99. The Hall–Kier alpha value is -11.4. The zero-order valence-corrected chi connectivity index (χ0v) is 54.9. The van der Waals surface area contributed by atoms with Crippen LogP contribution >= 0.6 is 0 Å². The third-order valence-electron chi connectivity index (χ3n) is 16.4. The summed E-state index contributed by atoms with van der Waals surface area (Å²) < 4.78 is 0. The molecule has 8 rings (SSSR count). The molecule has 99 heavy (non-hydrogen) atoms. The fraction of sp³-hybridized carbons (Fsp3) is 0.424. The van der Waals surface area contributed by atoms with Crippen molar-refractivity contribution in [1.82, 2.24) is 72.7 Å². The number of fused-ring (bicyclic) bond motifs is 2. The number of aromatic amines is 3. The highest BCUT2D eigenvalue weighted by Crippen LogP contribution is 2.24. The number of aliphatic hydroxyl groups excluding tert-OH is 1. The van der Waals surface area contributed by atoms with Gasteiger partial charge in [0.05, 0.1) is 19.5 Å². The lowest BCUT2D eigenvalue weighted by Gasteiger charge is -2.30. The monoisotopic (exact) mass is 1370 g/mol. The maximum Gasteiger partial charge on any atom is 0.300 e. The van der Waals surface area contributed by atoms with Gasteiger partial charge in [-0.3, -0.25) is 62.5 Å². The number of primary amides is 1. The minimum absolute atomic E-state index is 0.00905. The summed E-state index contributed by atoms with van der Waals surface area (Å²) in [5.74, 6) is -9.88. The van der Waals surface area contributed by atoms with E-state index in [2.05, 4.69) is 72.8 Å². The summed E-state index contributed by atoms with van der Waals surface area (Å²) in [6.45, 7) is 3.41. The first-order valence-electron chi connectivity index (χ1n) is 32.3. The molecule has 6 aromatic rings. The fourth-order valence-electron chi connectivity index (χ4n) is 11.5. The number of phenols is 1. The number of hydrogen-bond donors (Lipinski definition) is 18. The molecule has 0 saturated carbocycles. The van der Waals surface area contributed by atoms with Crippen LogP contribution in [0.3, 0.4) is 0 Å². The minimum atomic E-state index is -1.80. The number of likely N-dealkylation sites (tertiary alicyclic amines) is 1. The van der Waals surface area contributed by atoms with E-state index in [1.54, 1.807) is 74.8 Å². The SMILES string of the molecule is CC(=O)O.CC(C)C[C@H](NC(=O)[C@@H](Cc1c[nH]c2ccccc12)NC(=O)[C@H](Cc1ccc(O)cc1)NC(=O)[C@@H](CO)NC(=O)[C@H](Cc1c[nH]c2ccccc12)NC(=O)[C@H](Cc1cnc[nH]1)NC(=O)[C@@H]1CCC(=O)N1)C(=O)N[C@@H](CCCN=C(N)N)C(=O)N1CCC[C@H]1C(=O)NCC(N)=O. The number of imidazole rings is 1. The van der Waals surface area contributed by atoms with Gasteiger partial charge in [-0.05, 0) is 85.4 Å². The molecule has 11 amide bonds. The minimum Gasteiger partial charge on any atom is -0.508 e. The molecule has 2 fully saturated rings. The molecule has 0 aliphatic carbocycles. The van der Waals surface area contributed by atoms with E-state index in [9.17, 15) is 53.4 Å². The molecule has 3 aromatic heterocycles. The van der Waals surface area contributed by atoms with E-state index >= 15 is 9.59 Å². The number of aliphatic hydroxyl groups is 1. The number of benzene rings is 3. The Labute approximate surface area is 568 Å². The van der Waals surface area contributed by atoms with E-state index in [0.29, 0.717) is 50.6 Å². The Kier molecular flexibility index (Phi) is 27.4. The highest BCUT2D eigenvalue weighted by Gasteiger charge is 2.40. The zero-order valence-electron chi connectivity index (χ0n) is 54.9. The standard InChI is InChI=1S/C64H82N18O13.C2H4O2/c1-34(2)23-46(56(88)75-45(13-7-21-69-64(66)67)63(95)82-22-8-14-52(82)62(94)72-31-53(65)85)76-58(90)48(25-36-28-70-42-11-5-3-9-40(36)42)78-57(89)47(24-35-15-17-39(84)18-16-35)77-61(93)51(32-83)81-59(91)49(26-37-29-71-43-12-6-4-10-41(37)43)79-60(92)50(27-38-30-68-33-73-38)80-55(87)44-19-20-54(86)74-44;1-2(3)4/h3-6,9-12,15-18,28-30,33-34,44-52,70-71,83-84H,7-8,13-14,19-27,31-32H2,1-2H3,(H2,65,85)(H,68,73)(H,72,94)(H,74,86)(H,75,88)(H,76,90)(H,77,93)(H,78,89)(H,79,92)(H,80,87)(H,81,91)(H4,66,67,69);1H3,(H,3,4)/t44-,45-,46-,47-,48+,49-,50-,51+,52-;/m0./s1. The molecule has 3 aromatic carbocycles. The summed E-state index contributed by atoms with van der Waals surface area (Å²) in [5, 5.41) is 53.9. The Bertz CT molecular complexity index is 3860. The number of aromatic nitrogens is 4. The molecule has 530 valence electrons. The molecule has 21 N–H and O–H groups in total. The van der Waals surface area contributed by atoms with Crippen molar-refractivity contribution in [2.75, 3.05) is 26.2 Å². The van der Waals surface area contributed by atoms with Gasteiger partial charge in [-0.15, -0.1) is 0 Å². The number of guanidine groups is 1. The molecule has 2 saturated heterocycles. The van der Waals surface area contributed by atoms with Crippen LogP contribution in [-0.2, 0) is 83.2 Å². The quantitative estimate of drug-likeness (QED) is 0.0118. The molecule has 5 heterocycles. The molecule has 33 heteroatoms. The zero-order chi connectivity index (χ0) is 71.9. The fourth-order valence-corrected chi connectivity index (χ4v) is 11.5. The number of nitrogens with one attached hydrogen (secondary N) is 12. The molecular weight excluding hydrogens is 1280 g/mol. The Morgan fingerprint density at radius 1 is 0.646 bits per heavy atom. The van der Waals surface area contributed by atoms with Crippen molar-refractivity contribution in [2.24, 2.45) is 28.1 Å². The predicted octanol–water partition coefficient (Wildman–Crippen LogP) is -2.20. The van der Waals surface area contributed by atoms with Crippen LogP contribution in [0.1, 0.15) is 88.1 Å². The van der Waals surface area contributed by atoms with Gasteiger partial charge in [-0.2, -0.15) is 0 Å². The number of nitrogens with zero attached hydrogens (tertiary/aromatic N) is 3. The van der Waals surface area contributed by atoms with Crippen molar-refractivity contribution in [3.63, 3.8) is 0 Å². The third-order valence-corrected chi connectivity index (χ3v) is 16.4. The summed E-state index contributed by atoms with van der Waals surface area (Å²) in [7, 11) is 0. The maximum atomic E-state index is 15.1. The van der Waals surface area contributed by atoms with Crippen molar-refractivity contribution in [1.29, 1.82) is 0 Å². The van der Waals surface area contributed by atoms with Crippen molar-refractivity contribution in [3.8, 4) is 5.75 Å². The van der Waals surface area contributed by atoms with E-state index in [1.165, 1.54) is 41.7 Å². The van der Waals surface area contributed by atoms with Gasteiger partial charge in [0.25, 0.3) is 5.97 Å². The van der Waals surface area contributed by atoms with Gasteiger partial charge in [-0.1, -0.05) is 62.4 Å². The number of carboxylic acid groups (broad SMARTS) is 1. The number of amides is 11. The molecule has 0 radical (unpaired) electrons. The van der Waals surface area contributed by atoms with Gasteiger partial charge in [-0.25, -0.2) is 4.98 Å². The molecular formula is C66H86N18O15. The lowest BCUT2D eigenvalue weighted by molar-refractivity contribution is -0.142. The molecule has 0 bridgehead atoms. The number of phenolic OH excluding ortho intramolecular Hbond substituents is 1. The Morgan fingerprint density at radius 2 is 1.16 bits per heavy atom. The number of carbonyl (C=O) groups is 12. The number of rotatable bonds is 33. The number of aliphatic carboxylic acids is 1.